The van der Waals surface area contributed by atoms with Gasteiger partial charge in [0.05, 0.1) is 12.6 Å². The summed E-state index contributed by atoms with van der Waals surface area (Å²) < 4.78 is 0. The molecule has 2 nitrogen and oxygen atoms in total. The van der Waals surface area contributed by atoms with E-state index in [-0.39, 0.29) is 12.6 Å². The molecule has 0 aliphatic heterocycles. The normalized spacial score (nSPS) is 12.9. The Kier molecular flexibility index (Phi) is 3.26. The molecule has 66 valence electrons. The van der Waals surface area contributed by atoms with Crippen molar-refractivity contribution in [1.29, 1.82) is 0 Å². The van der Waals surface area contributed by atoms with E-state index in [0.29, 0.717) is 0 Å². The van der Waals surface area contributed by atoms with Crippen LogP contribution in [0.1, 0.15) is 17.2 Å². The molecule has 1 aromatic rings. The number of hydrogen-bond acceptors (Lipinski definition) is 2. The minimum atomic E-state index is 0.0601. The zero-order chi connectivity index (χ0) is 8.97. The maximum Gasteiger partial charge on any atom is 0.0626 e. The highest BCUT2D eigenvalue weighted by Crippen LogP contribution is 2.12. The van der Waals surface area contributed by atoms with Crippen molar-refractivity contribution >= 4 is 0 Å². The molecule has 1 rings (SSSR count). The molecule has 0 heterocycles. The number of likely N-dealkylation sites (N-methyl/N-ethyl adjacent to an activating group) is 1. The lowest BCUT2D eigenvalue weighted by molar-refractivity contribution is 0.251. The SMILES string of the molecule is CN[C@@H](CO)c1cccc(C)c1. The summed E-state index contributed by atoms with van der Waals surface area (Å²) in [7, 11) is 1.85. The van der Waals surface area contributed by atoms with E-state index in [1.165, 1.54) is 5.56 Å². The first kappa shape index (κ1) is 9.23. The average Bonchev–Trinajstić information content (AvgIpc) is 2.07. The van der Waals surface area contributed by atoms with Gasteiger partial charge in [-0.15, -0.1) is 0 Å². The third kappa shape index (κ3) is 2.06. The van der Waals surface area contributed by atoms with Crippen LogP contribution in [0.5, 0.6) is 0 Å². The van der Waals surface area contributed by atoms with Crippen molar-refractivity contribution in [1.82, 2.24) is 5.32 Å². The standard InChI is InChI=1S/C10H15NO/c1-8-4-3-5-9(6-8)10(7-12)11-2/h3-6,10-12H,7H2,1-2H3/t10-/m0/s1. The van der Waals surface area contributed by atoms with Crippen molar-refractivity contribution in [2.24, 2.45) is 0 Å². The Balaban J connectivity index is 2.85. The molecule has 0 radical (unpaired) electrons. The van der Waals surface area contributed by atoms with Gasteiger partial charge in [-0.25, -0.2) is 0 Å². The molecular weight excluding hydrogens is 150 g/mol. The first-order valence-corrected chi connectivity index (χ1v) is 4.12. The predicted molar refractivity (Wildman–Crippen MR) is 50.1 cm³/mol. The summed E-state index contributed by atoms with van der Waals surface area (Å²) in [5.74, 6) is 0. The van der Waals surface area contributed by atoms with E-state index < -0.39 is 0 Å². The van der Waals surface area contributed by atoms with Crippen LogP contribution in [-0.2, 0) is 0 Å². The van der Waals surface area contributed by atoms with Crippen LogP contribution in [0.2, 0.25) is 0 Å². The highest BCUT2D eigenvalue weighted by Gasteiger charge is 2.05. The van der Waals surface area contributed by atoms with Gasteiger partial charge in [0.1, 0.15) is 0 Å². The molecule has 0 spiro atoms. The molecule has 0 saturated carbocycles. The van der Waals surface area contributed by atoms with Gasteiger partial charge in [-0.3, -0.25) is 0 Å². The summed E-state index contributed by atoms with van der Waals surface area (Å²) in [5.41, 5.74) is 2.36. The van der Waals surface area contributed by atoms with Gasteiger partial charge in [0.15, 0.2) is 0 Å². The van der Waals surface area contributed by atoms with Gasteiger partial charge in [-0.05, 0) is 19.5 Å². The minimum Gasteiger partial charge on any atom is -0.394 e. The van der Waals surface area contributed by atoms with Crippen LogP contribution in [0.15, 0.2) is 24.3 Å². The Labute approximate surface area is 73.2 Å². The zero-order valence-corrected chi connectivity index (χ0v) is 7.54. The molecule has 0 fully saturated rings. The second-order valence-corrected chi connectivity index (χ2v) is 2.94. The zero-order valence-electron chi connectivity index (χ0n) is 7.54. The van der Waals surface area contributed by atoms with Crippen LogP contribution in [0, 0.1) is 6.92 Å². The fraction of sp³-hybridized carbons (Fsp3) is 0.400. The summed E-state index contributed by atoms with van der Waals surface area (Å²) in [5, 5.41) is 12.1. The second kappa shape index (κ2) is 4.24. The van der Waals surface area contributed by atoms with E-state index in [1.54, 1.807) is 0 Å². The van der Waals surface area contributed by atoms with Crippen LogP contribution in [0.4, 0.5) is 0 Å². The molecule has 2 N–H and O–H groups in total. The molecule has 2 heteroatoms. The second-order valence-electron chi connectivity index (χ2n) is 2.94. The summed E-state index contributed by atoms with van der Waals surface area (Å²) >= 11 is 0. The van der Waals surface area contributed by atoms with Crippen LogP contribution in [0.3, 0.4) is 0 Å². The lowest BCUT2D eigenvalue weighted by atomic mass is 10.1. The molecule has 0 bridgehead atoms. The number of aryl methyl sites for hydroxylation is 1. The third-order valence-electron chi connectivity index (χ3n) is 1.98. The molecule has 12 heavy (non-hydrogen) atoms. The Morgan fingerprint density at radius 1 is 1.50 bits per heavy atom. The molecule has 1 aromatic carbocycles. The van der Waals surface area contributed by atoms with Gasteiger partial charge in [0.2, 0.25) is 0 Å². The molecule has 0 aliphatic rings. The van der Waals surface area contributed by atoms with Gasteiger partial charge < -0.3 is 10.4 Å². The quantitative estimate of drug-likeness (QED) is 0.706. The Hall–Kier alpha value is -0.860. The number of hydrogen-bond donors (Lipinski definition) is 2. The van der Waals surface area contributed by atoms with Gasteiger partial charge >= 0.3 is 0 Å². The Morgan fingerprint density at radius 3 is 2.75 bits per heavy atom. The monoisotopic (exact) mass is 165 g/mol. The number of benzene rings is 1. The van der Waals surface area contributed by atoms with Crippen LogP contribution in [0.25, 0.3) is 0 Å². The van der Waals surface area contributed by atoms with E-state index in [0.717, 1.165) is 5.56 Å². The smallest absolute Gasteiger partial charge is 0.0626 e. The van der Waals surface area contributed by atoms with Crippen molar-refractivity contribution < 1.29 is 5.11 Å². The Morgan fingerprint density at radius 2 is 2.25 bits per heavy atom. The van der Waals surface area contributed by atoms with Crippen molar-refractivity contribution in [2.45, 2.75) is 13.0 Å². The fourth-order valence-electron chi connectivity index (χ4n) is 1.25. The topological polar surface area (TPSA) is 32.3 Å². The maximum absolute atomic E-state index is 9.01. The van der Waals surface area contributed by atoms with Gasteiger partial charge in [-0.1, -0.05) is 29.8 Å². The number of aliphatic hydroxyl groups is 1. The van der Waals surface area contributed by atoms with E-state index in [9.17, 15) is 0 Å². The van der Waals surface area contributed by atoms with Gasteiger partial charge in [0.25, 0.3) is 0 Å². The molecule has 0 unspecified atom stereocenters. The van der Waals surface area contributed by atoms with Crippen LogP contribution >= 0.6 is 0 Å². The fourth-order valence-corrected chi connectivity index (χ4v) is 1.25. The molecule has 0 amide bonds. The number of aliphatic hydroxyl groups excluding tert-OH is 1. The first-order chi connectivity index (χ1) is 5.77. The highest BCUT2D eigenvalue weighted by molar-refractivity contribution is 5.24. The summed E-state index contributed by atoms with van der Waals surface area (Å²) in [4.78, 5) is 0. The van der Waals surface area contributed by atoms with Crippen molar-refractivity contribution in [3.8, 4) is 0 Å². The molecule has 0 aliphatic carbocycles. The minimum absolute atomic E-state index is 0.0601. The average molecular weight is 165 g/mol. The van der Waals surface area contributed by atoms with Crippen molar-refractivity contribution in [3.05, 3.63) is 35.4 Å². The third-order valence-corrected chi connectivity index (χ3v) is 1.98. The lowest BCUT2D eigenvalue weighted by Crippen LogP contribution is -2.19. The predicted octanol–water partition coefficient (Wildman–Crippen LogP) is 1.25. The van der Waals surface area contributed by atoms with E-state index >= 15 is 0 Å². The van der Waals surface area contributed by atoms with Crippen molar-refractivity contribution in [3.63, 3.8) is 0 Å². The van der Waals surface area contributed by atoms with E-state index in [2.05, 4.69) is 11.4 Å². The van der Waals surface area contributed by atoms with Crippen LogP contribution < -0.4 is 5.32 Å². The first-order valence-electron chi connectivity index (χ1n) is 4.12. The number of rotatable bonds is 3. The molecule has 1 atom stereocenters. The van der Waals surface area contributed by atoms with Crippen molar-refractivity contribution in [2.75, 3.05) is 13.7 Å². The maximum atomic E-state index is 9.01. The Bertz CT molecular complexity index is 243. The highest BCUT2D eigenvalue weighted by atomic mass is 16.3. The van der Waals surface area contributed by atoms with Gasteiger partial charge in [-0.2, -0.15) is 0 Å². The number of nitrogens with one attached hydrogen (secondary N) is 1. The lowest BCUT2D eigenvalue weighted by Gasteiger charge is -2.13. The summed E-state index contributed by atoms with van der Waals surface area (Å²) in [6.45, 7) is 2.19. The van der Waals surface area contributed by atoms with E-state index in [4.69, 9.17) is 5.11 Å². The van der Waals surface area contributed by atoms with E-state index in [1.807, 2.05) is 32.2 Å². The largest absolute Gasteiger partial charge is 0.394 e. The summed E-state index contributed by atoms with van der Waals surface area (Å²) in [6.07, 6.45) is 0. The molecular formula is C10H15NO. The summed E-state index contributed by atoms with van der Waals surface area (Å²) in [6, 6.07) is 8.21. The van der Waals surface area contributed by atoms with Crippen LogP contribution in [-0.4, -0.2) is 18.8 Å². The molecule has 0 aromatic heterocycles. The van der Waals surface area contributed by atoms with Gasteiger partial charge in [0, 0.05) is 0 Å². The molecule has 0 saturated heterocycles.